The van der Waals surface area contributed by atoms with Crippen LogP contribution in [0.15, 0.2) is 29.3 Å². The first-order valence-corrected chi connectivity index (χ1v) is 12.0. The number of carbonyl (C=O) groups excluding carboxylic acids is 1. The molecule has 5 nitrogen and oxygen atoms in total. The fourth-order valence-electron chi connectivity index (χ4n) is 4.06. The van der Waals surface area contributed by atoms with Gasteiger partial charge in [-0.1, -0.05) is 18.9 Å². The minimum absolute atomic E-state index is 0.292. The van der Waals surface area contributed by atoms with Gasteiger partial charge in [0, 0.05) is 23.8 Å². The van der Waals surface area contributed by atoms with Crippen LogP contribution in [-0.4, -0.2) is 31.2 Å². The third-order valence-electron chi connectivity index (χ3n) is 5.60. The van der Waals surface area contributed by atoms with Crippen LogP contribution in [-0.2, 0) is 9.53 Å². The Kier molecular flexibility index (Phi) is 8.44. The normalized spacial score (nSPS) is 15.9. The summed E-state index contributed by atoms with van der Waals surface area (Å²) in [4.78, 5) is 24.3. The van der Waals surface area contributed by atoms with Crippen LogP contribution in [0.3, 0.4) is 0 Å². The minimum Gasteiger partial charge on any atom is -0.384 e. The van der Waals surface area contributed by atoms with E-state index < -0.39 is 0 Å². The van der Waals surface area contributed by atoms with E-state index in [2.05, 4.69) is 53.5 Å². The number of fused-ring (bicyclic) bond motifs is 1. The number of anilines is 2. The first-order chi connectivity index (χ1) is 15.3. The van der Waals surface area contributed by atoms with E-state index in [0.717, 1.165) is 57.1 Å². The van der Waals surface area contributed by atoms with Gasteiger partial charge in [-0.3, -0.25) is 14.7 Å². The number of carbonyl (C=O) groups is 1. The van der Waals surface area contributed by atoms with Crippen LogP contribution in [0.1, 0.15) is 37.8 Å². The molecular formula is C26H30IN3O2. The molecule has 0 bridgehead atoms. The lowest BCUT2D eigenvalue weighted by molar-refractivity contribution is -0.112. The first kappa shape index (κ1) is 24.4. The zero-order valence-corrected chi connectivity index (χ0v) is 21.6. The van der Waals surface area contributed by atoms with Crippen LogP contribution < -0.4 is 15.6 Å². The average molecular weight is 543 g/mol. The van der Waals surface area contributed by atoms with Crippen molar-refractivity contribution >= 4 is 46.1 Å². The van der Waals surface area contributed by atoms with Crippen molar-refractivity contribution < 1.29 is 9.53 Å². The molecule has 1 aromatic carbocycles. The molecule has 2 atom stereocenters. The molecule has 0 radical (unpaired) electrons. The summed E-state index contributed by atoms with van der Waals surface area (Å²) in [6, 6.07) is 7.95. The molecule has 2 heterocycles. The zero-order valence-electron chi connectivity index (χ0n) is 19.4. The summed E-state index contributed by atoms with van der Waals surface area (Å²) in [5, 5.41) is 1.71. The predicted molar refractivity (Wildman–Crippen MR) is 137 cm³/mol. The third-order valence-corrected chi connectivity index (χ3v) is 6.76. The van der Waals surface area contributed by atoms with Gasteiger partial charge in [-0.2, -0.15) is 0 Å². The van der Waals surface area contributed by atoms with Crippen LogP contribution in [0.25, 0.3) is 6.08 Å². The van der Waals surface area contributed by atoms with Gasteiger partial charge in [0.05, 0.1) is 16.4 Å². The first-order valence-electron chi connectivity index (χ1n) is 10.9. The summed E-state index contributed by atoms with van der Waals surface area (Å²) in [6.45, 7) is 9.44. The number of aryl methyl sites for hydroxylation is 2. The molecule has 168 valence electrons. The van der Waals surface area contributed by atoms with Gasteiger partial charge in [-0.15, -0.1) is 0 Å². The van der Waals surface area contributed by atoms with Gasteiger partial charge >= 0.3 is 5.91 Å². The molecular weight excluding hydrogens is 513 g/mol. The van der Waals surface area contributed by atoms with E-state index in [1.165, 1.54) is 0 Å². The Bertz CT molecular complexity index is 1180. The Balaban J connectivity index is 2.11. The highest BCUT2D eigenvalue weighted by Crippen LogP contribution is 2.30. The van der Waals surface area contributed by atoms with Crippen LogP contribution >= 0.6 is 22.6 Å². The highest BCUT2D eigenvalue weighted by atomic mass is 127. The van der Waals surface area contributed by atoms with Gasteiger partial charge in [0.2, 0.25) is 0 Å². The molecule has 0 saturated heterocycles. The number of benzene rings is 1. The maximum Gasteiger partial charge on any atom is 0.308 e. The monoisotopic (exact) mass is 543 g/mol. The van der Waals surface area contributed by atoms with Gasteiger partial charge in [-0.25, -0.2) is 4.98 Å². The Hall–Kier alpha value is -2.24. The van der Waals surface area contributed by atoms with Gasteiger partial charge in [-0.05, 0) is 109 Å². The van der Waals surface area contributed by atoms with Crippen molar-refractivity contribution in [2.24, 2.45) is 16.8 Å². The minimum atomic E-state index is -0.292. The van der Waals surface area contributed by atoms with Gasteiger partial charge < -0.3 is 4.74 Å². The van der Waals surface area contributed by atoms with E-state index in [9.17, 15) is 4.79 Å². The molecule has 1 aliphatic heterocycles. The Morgan fingerprint density at radius 1 is 1.31 bits per heavy atom. The molecule has 0 N–H and O–H groups in total. The summed E-state index contributed by atoms with van der Waals surface area (Å²) in [6.07, 6.45) is 4.22. The molecule has 2 aromatic rings. The van der Waals surface area contributed by atoms with Crippen molar-refractivity contribution in [2.75, 3.05) is 25.2 Å². The molecule has 1 amide bonds. The van der Waals surface area contributed by atoms with Crippen molar-refractivity contribution in [2.45, 2.75) is 40.5 Å². The second-order valence-corrected chi connectivity index (χ2v) is 9.53. The average Bonchev–Trinajstić information content (AvgIpc) is 2.93. The van der Waals surface area contributed by atoms with E-state index in [1.54, 1.807) is 18.9 Å². The molecule has 6 heteroatoms. The smallest absolute Gasteiger partial charge is 0.308 e. The molecule has 0 aliphatic carbocycles. The number of hydrogen-bond acceptors (Lipinski definition) is 4. The highest BCUT2D eigenvalue weighted by Gasteiger charge is 2.21. The number of amides is 1. The van der Waals surface area contributed by atoms with E-state index in [4.69, 9.17) is 14.7 Å². The predicted octanol–water partition coefficient (Wildman–Crippen LogP) is 4.08. The van der Waals surface area contributed by atoms with Crippen LogP contribution in [0.5, 0.6) is 0 Å². The zero-order chi connectivity index (χ0) is 23.3. The van der Waals surface area contributed by atoms with Crippen LogP contribution in [0.4, 0.5) is 11.5 Å². The number of rotatable bonds is 6. The number of pyridine rings is 1. The van der Waals surface area contributed by atoms with Crippen molar-refractivity contribution in [3.8, 4) is 11.8 Å². The molecule has 0 spiro atoms. The van der Waals surface area contributed by atoms with Gasteiger partial charge in [0.25, 0.3) is 0 Å². The van der Waals surface area contributed by atoms with Gasteiger partial charge in [0.15, 0.2) is 0 Å². The summed E-state index contributed by atoms with van der Waals surface area (Å²) in [5.74, 6) is 6.53. The fourth-order valence-corrected chi connectivity index (χ4v) is 4.68. The van der Waals surface area contributed by atoms with Crippen LogP contribution in [0, 0.1) is 41.1 Å². The number of nitrogens with zero attached hydrogens (tertiary/aromatic N) is 3. The van der Waals surface area contributed by atoms with Crippen molar-refractivity contribution in [1.29, 1.82) is 0 Å². The Morgan fingerprint density at radius 2 is 2.09 bits per heavy atom. The van der Waals surface area contributed by atoms with E-state index in [1.807, 2.05) is 32.0 Å². The molecule has 1 aliphatic rings. The maximum atomic E-state index is 13.1. The molecule has 0 saturated carbocycles. The number of halogens is 1. The Morgan fingerprint density at radius 3 is 2.81 bits per heavy atom. The van der Waals surface area contributed by atoms with Crippen LogP contribution in [0.2, 0.25) is 0 Å². The second kappa shape index (κ2) is 11.1. The van der Waals surface area contributed by atoms with Crippen molar-refractivity contribution in [3.05, 3.63) is 49.7 Å². The number of ether oxygens (including phenoxy) is 1. The number of hydrogen-bond donors (Lipinski definition) is 0. The summed E-state index contributed by atoms with van der Waals surface area (Å²) in [5.41, 5.74) is 2.92. The van der Waals surface area contributed by atoms with Crippen molar-refractivity contribution in [1.82, 2.24) is 4.98 Å². The number of aromatic nitrogens is 1. The quantitative estimate of drug-likeness (QED) is 0.408. The standard InChI is InChI=1S/C26H30IN3O2/c1-6-7-26(31)30(24-14-18(3)21(27)13-19(24)4)25-9-8-22-23(29-25)15-20(10-11-28-22)12-17(2)16-32-5/h8-9,13-15,17,20H,10-12,16H2,1-5H3/t17-,20?/m0/s1. The highest BCUT2D eigenvalue weighted by molar-refractivity contribution is 14.1. The SMILES string of the molecule is CC#CC(=O)N(c1ccc2c(n1)=CC(C[C@H](C)COC)CCN=2)c1cc(C)c(I)cc1C. The summed E-state index contributed by atoms with van der Waals surface area (Å²) in [7, 11) is 1.74. The molecule has 1 aromatic heterocycles. The topological polar surface area (TPSA) is 54.8 Å². The lowest BCUT2D eigenvalue weighted by atomic mass is 9.93. The fraction of sp³-hybridized carbons (Fsp3) is 0.423. The largest absolute Gasteiger partial charge is 0.384 e. The van der Waals surface area contributed by atoms with Gasteiger partial charge in [0.1, 0.15) is 5.82 Å². The maximum absolute atomic E-state index is 13.1. The second-order valence-electron chi connectivity index (χ2n) is 8.37. The number of methoxy groups -OCH3 is 1. The molecule has 1 unspecified atom stereocenters. The van der Waals surface area contributed by atoms with Crippen molar-refractivity contribution in [3.63, 3.8) is 0 Å². The Labute approximate surface area is 204 Å². The lowest BCUT2D eigenvalue weighted by Crippen LogP contribution is -2.33. The third kappa shape index (κ3) is 5.76. The van der Waals surface area contributed by atoms with E-state index in [0.29, 0.717) is 17.7 Å². The molecule has 3 rings (SSSR count). The summed E-state index contributed by atoms with van der Waals surface area (Å²) < 4.78 is 6.47. The lowest BCUT2D eigenvalue weighted by Gasteiger charge is -2.22. The van der Waals surface area contributed by atoms with E-state index in [-0.39, 0.29) is 5.91 Å². The molecule has 0 fully saturated rings. The summed E-state index contributed by atoms with van der Waals surface area (Å²) >= 11 is 2.32. The van der Waals surface area contributed by atoms with E-state index >= 15 is 0 Å². The molecule has 32 heavy (non-hydrogen) atoms.